The number of aromatic amines is 1. The van der Waals surface area contributed by atoms with Crippen LogP contribution in [0.1, 0.15) is 45.5 Å². The second-order valence-corrected chi connectivity index (χ2v) is 8.31. The lowest BCUT2D eigenvalue weighted by Crippen LogP contribution is -2.38. The Bertz CT molecular complexity index is 1380. The van der Waals surface area contributed by atoms with Crippen molar-refractivity contribution in [3.05, 3.63) is 62.2 Å². The molecule has 0 atom stereocenters. The zero-order valence-electron chi connectivity index (χ0n) is 16.6. The molecule has 0 aliphatic carbocycles. The zero-order chi connectivity index (χ0) is 21.5. The van der Waals surface area contributed by atoms with Crippen LogP contribution in [0.2, 0.25) is 0 Å². The summed E-state index contributed by atoms with van der Waals surface area (Å²) in [7, 11) is 0. The van der Waals surface area contributed by atoms with Gasteiger partial charge in [0, 0.05) is 30.6 Å². The Morgan fingerprint density at radius 1 is 1.35 bits per heavy atom. The quantitative estimate of drug-likeness (QED) is 0.525. The molecule has 1 aliphatic heterocycles. The number of hydrogen-bond donors (Lipinski definition) is 1. The van der Waals surface area contributed by atoms with Crippen molar-refractivity contribution in [2.45, 2.75) is 25.7 Å². The fourth-order valence-corrected chi connectivity index (χ4v) is 4.80. The van der Waals surface area contributed by atoms with Gasteiger partial charge in [0.2, 0.25) is 5.95 Å². The standard InChI is InChI=1S/C20H18N8O2S/c1-12-15(10-22-28(12)20-24-17(29)16-3-2-6-27(16)25-20)19(30)26-7-4-13(5-8-26)18-23-14(9-21)11-31-18/h2-3,6,10-11,13H,4-5,7-8H2,1H3,(H,24,25,29). The van der Waals surface area contributed by atoms with Gasteiger partial charge in [0.05, 0.1) is 22.5 Å². The van der Waals surface area contributed by atoms with Crippen LogP contribution in [0, 0.1) is 18.3 Å². The summed E-state index contributed by atoms with van der Waals surface area (Å²) >= 11 is 1.50. The maximum absolute atomic E-state index is 13.1. The van der Waals surface area contributed by atoms with Crippen LogP contribution in [-0.4, -0.2) is 53.3 Å². The first-order chi connectivity index (χ1) is 15.0. The van der Waals surface area contributed by atoms with Crippen LogP contribution in [0.15, 0.2) is 34.7 Å². The number of carbonyl (C=O) groups is 1. The minimum absolute atomic E-state index is 0.0940. The molecular weight excluding hydrogens is 416 g/mol. The van der Waals surface area contributed by atoms with Crippen molar-refractivity contribution in [3.63, 3.8) is 0 Å². The number of likely N-dealkylation sites (tertiary alicyclic amines) is 1. The molecule has 31 heavy (non-hydrogen) atoms. The molecule has 156 valence electrons. The summed E-state index contributed by atoms with van der Waals surface area (Å²) < 4.78 is 2.96. The molecular formula is C20H18N8O2S. The van der Waals surface area contributed by atoms with E-state index in [9.17, 15) is 9.59 Å². The van der Waals surface area contributed by atoms with Crippen LogP contribution in [0.3, 0.4) is 0 Å². The number of nitrogens with one attached hydrogen (secondary N) is 1. The Morgan fingerprint density at radius 3 is 2.90 bits per heavy atom. The van der Waals surface area contributed by atoms with Crippen LogP contribution in [0.4, 0.5) is 0 Å². The van der Waals surface area contributed by atoms with Crippen molar-refractivity contribution >= 4 is 22.8 Å². The number of nitrogens with zero attached hydrogens (tertiary/aromatic N) is 7. The van der Waals surface area contributed by atoms with Gasteiger partial charge in [0.1, 0.15) is 11.6 Å². The molecule has 5 heterocycles. The van der Waals surface area contributed by atoms with Crippen molar-refractivity contribution < 1.29 is 4.79 Å². The van der Waals surface area contributed by atoms with Crippen LogP contribution >= 0.6 is 11.3 Å². The number of hydrogen-bond acceptors (Lipinski definition) is 7. The maximum Gasteiger partial charge on any atom is 0.276 e. The molecule has 1 amide bonds. The number of carbonyl (C=O) groups excluding carboxylic acids is 1. The molecule has 0 spiro atoms. The molecule has 1 N–H and O–H groups in total. The van der Waals surface area contributed by atoms with Crippen molar-refractivity contribution in [1.82, 2.24) is 34.3 Å². The van der Waals surface area contributed by atoms with Crippen LogP contribution in [0.25, 0.3) is 11.5 Å². The predicted molar refractivity (Wildman–Crippen MR) is 112 cm³/mol. The molecule has 0 radical (unpaired) electrons. The first-order valence-electron chi connectivity index (χ1n) is 9.82. The Morgan fingerprint density at radius 2 is 2.16 bits per heavy atom. The van der Waals surface area contributed by atoms with Gasteiger partial charge < -0.3 is 4.90 Å². The minimum Gasteiger partial charge on any atom is -0.338 e. The molecule has 1 aliphatic rings. The van der Waals surface area contributed by atoms with E-state index in [0.29, 0.717) is 35.6 Å². The average Bonchev–Trinajstić information content (AvgIpc) is 3.53. The highest BCUT2D eigenvalue weighted by molar-refractivity contribution is 7.09. The van der Waals surface area contributed by atoms with E-state index in [0.717, 1.165) is 17.8 Å². The molecule has 0 aromatic carbocycles. The highest BCUT2D eigenvalue weighted by Gasteiger charge is 2.28. The van der Waals surface area contributed by atoms with E-state index in [-0.39, 0.29) is 23.3 Å². The summed E-state index contributed by atoms with van der Waals surface area (Å²) in [6.07, 6.45) is 4.81. The third-order valence-corrected chi connectivity index (χ3v) is 6.60. The number of H-pyrrole nitrogens is 1. The average molecular weight is 434 g/mol. The molecule has 10 nitrogen and oxygen atoms in total. The molecule has 4 aromatic heterocycles. The SMILES string of the molecule is Cc1c(C(=O)N2CCC(c3nc(C#N)cs3)CC2)cnn1-c1nn2cccc2c(=O)[nH]1. The third kappa shape index (κ3) is 3.30. The first-order valence-corrected chi connectivity index (χ1v) is 10.7. The highest BCUT2D eigenvalue weighted by atomic mass is 32.1. The molecule has 0 bridgehead atoms. The van der Waals surface area contributed by atoms with E-state index >= 15 is 0 Å². The fourth-order valence-electron chi connectivity index (χ4n) is 3.89. The number of fused-ring (bicyclic) bond motifs is 1. The van der Waals surface area contributed by atoms with E-state index in [1.165, 1.54) is 26.7 Å². The number of thiazole rings is 1. The zero-order valence-corrected chi connectivity index (χ0v) is 17.5. The Labute approximate surface area is 180 Å². The lowest BCUT2D eigenvalue weighted by molar-refractivity contribution is 0.0712. The summed E-state index contributed by atoms with van der Waals surface area (Å²) in [5, 5.41) is 20.4. The Hall–Kier alpha value is -3.78. The molecule has 4 aromatic rings. The lowest BCUT2D eigenvalue weighted by atomic mass is 9.97. The van der Waals surface area contributed by atoms with Gasteiger partial charge in [-0.25, -0.2) is 14.2 Å². The fraction of sp³-hybridized carbons (Fsp3) is 0.300. The number of aromatic nitrogens is 6. The lowest BCUT2D eigenvalue weighted by Gasteiger charge is -2.31. The first kappa shape index (κ1) is 19.2. The normalized spacial score (nSPS) is 14.8. The van der Waals surface area contributed by atoms with Crippen LogP contribution in [-0.2, 0) is 0 Å². The Kier molecular flexibility index (Phi) is 4.63. The summed E-state index contributed by atoms with van der Waals surface area (Å²) in [6, 6.07) is 5.48. The summed E-state index contributed by atoms with van der Waals surface area (Å²) in [4.78, 5) is 34.3. The van der Waals surface area contributed by atoms with Gasteiger partial charge >= 0.3 is 0 Å². The van der Waals surface area contributed by atoms with E-state index in [2.05, 4.69) is 26.2 Å². The van der Waals surface area contributed by atoms with Crippen LogP contribution < -0.4 is 5.56 Å². The Balaban J connectivity index is 1.34. The van der Waals surface area contributed by atoms with Crippen LogP contribution in [0.5, 0.6) is 0 Å². The van der Waals surface area contributed by atoms with Gasteiger partial charge in [-0.1, -0.05) is 0 Å². The van der Waals surface area contributed by atoms with Gasteiger partial charge in [-0.05, 0) is 31.9 Å². The monoisotopic (exact) mass is 434 g/mol. The number of piperidine rings is 1. The molecule has 5 rings (SSSR count). The molecule has 0 unspecified atom stereocenters. The summed E-state index contributed by atoms with van der Waals surface area (Å²) in [6.45, 7) is 3.01. The van der Waals surface area contributed by atoms with Gasteiger partial charge in [-0.15, -0.1) is 16.4 Å². The molecule has 1 fully saturated rings. The number of amides is 1. The largest absolute Gasteiger partial charge is 0.338 e. The van der Waals surface area contributed by atoms with Crippen molar-refractivity contribution in [1.29, 1.82) is 5.26 Å². The summed E-state index contributed by atoms with van der Waals surface area (Å²) in [5.74, 6) is 0.423. The highest BCUT2D eigenvalue weighted by Crippen LogP contribution is 2.31. The van der Waals surface area contributed by atoms with Gasteiger partial charge in [0.15, 0.2) is 5.69 Å². The maximum atomic E-state index is 13.1. The van der Waals surface area contributed by atoms with Crippen molar-refractivity contribution in [2.24, 2.45) is 0 Å². The van der Waals surface area contributed by atoms with E-state index in [1.807, 2.05) is 4.90 Å². The second kappa shape index (κ2) is 7.48. The predicted octanol–water partition coefficient (Wildman–Crippen LogP) is 1.86. The third-order valence-electron chi connectivity index (χ3n) is 5.60. The molecule has 11 heteroatoms. The van der Waals surface area contributed by atoms with E-state index in [4.69, 9.17) is 5.26 Å². The summed E-state index contributed by atoms with van der Waals surface area (Å²) in [5.41, 5.74) is 1.71. The van der Waals surface area contributed by atoms with E-state index < -0.39 is 0 Å². The molecule has 1 saturated heterocycles. The topological polar surface area (TPSA) is 125 Å². The van der Waals surface area contributed by atoms with Gasteiger partial charge in [-0.2, -0.15) is 10.4 Å². The number of rotatable bonds is 3. The smallest absolute Gasteiger partial charge is 0.276 e. The van der Waals surface area contributed by atoms with Crippen molar-refractivity contribution in [3.8, 4) is 12.0 Å². The van der Waals surface area contributed by atoms with Crippen molar-refractivity contribution in [2.75, 3.05) is 13.1 Å². The van der Waals surface area contributed by atoms with Gasteiger partial charge in [-0.3, -0.25) is 14.6 Å². The number of nitriles is 1. The minimum atomic E-state index is -0.276. The molecule has 0 saturated carbocycles. The van der Waals surface area contributed by atoms with E-state index in [1.54, 1.807) is 30.6 Å². The van der Waals surface area contributed by atoms with Gasteiger partial charge in [0.25, 0.3) is 11.5 Å². The second-order valence-electron chi connectivity index (χ2n) is 7.42.